The Hall–Kier alpha value is -1.12. The molecule has 1 unspecified atom stereocenters. The minimum atomic E-state index is -0.0170. The largest absolute Gasteiger partial charge is 0.299 e. The van der Waals surface area contributed by atoms with Crippen molar-refractivity contribution in [2.75, 3.05) is 5.75 Å². The molecular weight excluding hydrogens is 220 g/mol. The smallest absolute Gasteiger partial charge is 0.114 e. The number of nitrogens with one attached hydrogen (secondary N) is 1. The Morgan fingerprint density at radius 1 is 1.56 bits per heavy atom. The highest BCUT2D eigenvalue weighted by atomic mass is 32.2. The van der Waals surface area contributed by atoms with Crippen LogP contribution in [-0.2, 0) is 0 Å². The van der Waals surface area contributed by atoms with Crippen molar-refractivity contribution in [1.82, 2.24) is 15.3 Å². The van der Waals surface area contributed by atoms with E-state index in [1.54, 1.807) is 30.4 Å². The number of aromatic nitrogens is 2. The van der Waals surface area contributed by atoms with Crippen LogP contribution in [0.25, 0.3) is 0 Å². The minimum absolute atomic E-state index is 0.0170. The topological polar surface area (TPSA) is 61.6 Å². The maximum absolute atomic E-state index is 8.95. The Morgan fingerprint density at radius 2 is 2.44 bits per heavy atom. The van der Waals surface area contributed by atoms with Gasteiger partial charge in [0.05, 0.1) is 18.3 Å². The predicted molar refractivity (Wildman–Crippen MR) is 62.9 cm³/mol. The molecule has 0 aliphatic heterocycles. The van der Waals surface area contributed by atoms with Gasteiger partial charge in [-0.1, -0.05) is 0 Å². The van der Waals surface area contributed by atoms with Crippen molar-refractivity contribution in [3.8, 4) is 6.07 Å². The lowest BCUT2D eigenvalue weighted by Gasteiger charge is -2.09. The molecule has 16 heavy (non-hydrogen) atoms. The Bertz CT molecular complexity index is 358. The van der Waals surface area contributed by atoms with Gasteiger partial charge in [0.2, 0.25) is 0 Å². The van der Waals surface area contributed by atoms with Gasteiger partial charge in [-0.15, -0.1) is 11.8 Å². The molecular formula is C11H14N4S. The summed E-state index contributed by atoms with van der Waals surface area (Å²) in [5, 5.41) is 13.2. The maximum atomic E-state index is 8.95. The predicted octanol–water partition coefficient (Wildman–Crippen LogP) is 1.60. The lowest BCUT2D eigenvalue weighted by molar-refractivity contribution is 0.587. The molecule has 0 aromatic carbocycles. The highest BCUT2D eigenvalue weighted by molar-refractivity contribution is 7.99. The number of thioether (sulfide) groups is 1. The second-order valence-corrected chi connectivity index (χ2v) is 4.92. The molecule has 1 heterocycles. The van der Waals surface area contributed by atoms with E-state index in [1.165, 1.54) is 12.8 Å². The quantitative estimate of drug-likeness (QED) is 0.758. The molecule has 4 nitrogen and oxygen atoms in total. The van der Waals surface area contributed by atoms with Crippen LogP contribution in [0.4, 0.5) is 0 Å². The summed E-state index contributed by atoms with van der Waals surface area (Å²) in [4.78, 5) is 8.17. The minimum Gasteiger partial charge on any atom is -0.299 e. The number of hydrogen-bond donors (Lipinski definition) is 1. The van der Waals surface area contributed by atoms with Crippen molar-refractivity contribution in [2.45, 2.75) is 36.4 Å². The van der Waals surface area contributed by atoms with Gasteiger partial charge in [0.15, 0.2) is 0 Å². The zero-order chi connectivity index (χ0) is 11.2. The third kappa shape index (κ3) is 3.80. The lowest BCUT2D eigenvalue weighted by Crippen LogP contribution is -2.29. The molecule has 1 aliphatic carbocycles. The number of hydrogen-bond acceptors (Lipinski definition) is 5. The monoisotopic (exact) mass is 234 g/mol. The third-order valence-electron chi connectivity index (χ3n) is 2.37. The van der Waals surface area contributed by atoms with E-state index in [0.717, 1.165) is 17.2 Å². The Labute approximate surface area is 99.5 Å². The van der Waals surface area contributed by atoms with Crippen LogP contribution in [0.15, 0.2) is 23.6 Å². The first-order valence-electron chi connectivity index (χ1n) is 5.43. The fourth-order valence-electron chi connectivity index (χ4n) is 1.36. The summed E-state index contributed by atoms with van der Waals surface area (Å²) in [6.45, 7) is 0. The fourth-order valence-corrected chi connectivity index (χ4v) is 2.19. The van der Waals surface area contributed by atoms with E-state index in [4.69, 9.17) is 5.26 Å². The first kappa shape index (κ1) is 11.4. The molecule has 1 fully saturated rings. The van der Waals surface area contributed by atoms with E-state index in [-0.39, 0.29) is 6.04 Å². The summed E-state index contributed by atoms with van der Waals surface area (Å²) in [5.41, 5.74) is 0. The summed E-state index contributed by atoms with van der Waals surface area (Å²) >= 11 is 1.65. The van der Waals surface area contributed by atoms with Crippen LogP contribution in [0.3, 0.4) is 0 Å². The van der Waals surface area contributed by atoms with E-state index >= 15 is 0 Å². The van der Waals surface area contributed by atoms with E-state index in [0.29, 0.717) is 6.04 Å². The molecule has 1 atom stereocenters. The van der Waals surface area contributed by atoms with Crippen molar-refractivity contribution in [2.24, 2.45) is 0 Å². The van der Waals surface area contributed by atoms with Gasteiger partial charge in [-0.3, -0.25) is 10.3 Å². The SMILES string of the molecule is N#CC(CCSc1cnccn1)NC1CC1. The van der Waals surface area contributed by atoms with Crippen LogP contribution in [-0.4, -0.2) is 27.8 Å². The van der Waals surface area contributed by atoms with Gasteiger partial charge < -0.3 is 0 Å². The van der Waals surface area contributed by atoms with Crippen molar-refractivity contribution in [3.63, 3.8) is 0 Å². The van der Waals surface area contributed by atoms with Gasteiger partial charge in [0, 0.05) is 24.2 Å². The summed E-state index contributed by atoms with van der Waals surface area (Å²) in [6, 6.07) is 2.87. The van der Waals surface area contributed by atoms with Crippen molar-refractivity contribution in [3.05, 3.63) is 18.6 Å². The molecule has 1 N–H and O–H groups in total. The molecule has 1 saturated carbocycles. The molecule has 0 spiro atoms. The molecule has 5 heteroatoms. The molecule has 1 aromatic rings. The second kappa shape index (κ2) is 5.83. The average molecular weight is 234 g/mol. The molecule has 0 saturated heterocycles. The van der Waals surface area contributed by atoms with E-state index < -0.39 is 0 Å². The molecule has 0 radical (unpaired) electrons. The van der Waals surface area contributed by atoms with E-state index in [9.17, 15) is 0 Å². The van der Waals surface area contributed by atoms with Crippen LogP contribution in [0.2, 0.25) is 0 Å². The summed E-state index contributed by atoms with van der Waals surface area (Å²) in [6.07, 6.45) is 8.39. The van der Waals surface area contributed by atoms with E-state index in [1.807, 2.05) is 0 Å². The van der Waals surface area contributed by atoms with Gasteiger partial charge in [-0.05, 0) is 19.3 Å². The van der Waals surface area contributed by atoms with E-state index in [2.05, 4.69) is 21.4 Å². The molecule has 1 aliphatic rings. The zero-order valence-electron chi connectivity index (χ0n) is 8.97. The fraction of sp³-hybridized carbons (Fsp3) is 0.545. The van der Waals surface area contributed by atoms with Crippen LogP contribution in [0.1, 0.15) is 19.3 Å². The van der Waals surface area contributed by atoms with Crippen LogP contribution in [0, 0.1) is 11.3 Å². The van der Waals surface area contributed by atoms with Gasteiger partial charge >= 0.3 is 0 Å². The molecule has 2 rings (SSSR count). The van der Waals surface area contributed by atoms with Crippen LogP contribution < -0.4 is 5.32 Å². The number of nitrogens with zero attached hydrogens (tertiary/aromatic N) is 3. The maximum Gasteiger partial charge on any atom is 0.114 e. The summed E-state index contributed by atoms with van der Waals surface area (Å²) < 4.78 is 0. The normalized spacial score (nSPS) is 16.7. The standard InChI is InChI=1S/C11H14N4S/c12-7-10(15-9-1-2-9)3-6-16-11-8-13-4-5-14-11/h4-5,8-10,15H,1-3,6H2. The Morgan fingerprint density at radius 3 is 3.06 bits per heavy atom. The zero-order valence-corrected chi connectivity index (χ0v) is 9.78. The molecule has 0 bridgehead atoms. The van der Waals surface area contributed by atoms with Gasteiger partial charge in [0.25, 0.3) is 0 Å². The average Bonchev–Trinajstić information content (AvgIpc) is 3.13. The molecule has 0 amide bonds. The Balaban J connectivity index is 1.68. The lowest BCUT2D eigenvalue weighted by atomic mass is 10.2. The molecule has 1 aromatic heterocycles. The van der Waals surface area contributed by atoms with Crippen molar-refractivity contribution in [1.29, 1.82) is 5.26 Å². The van der Waals surface area contributed by atoms with Gasteiger partial charge in [-0.25, -0.2) is 4.98 Å². The Kier molecular flexibility index (Phi) is 4.14. The first-order valence-corrected chi connectivity index (χ1v) is 6.41. The third-order valence-corrected chi connectivity index (χ3v) is 3.31. The number of rotatable bonds is 6. The van der Waals surface area contributed by atoms with Crippen LogP contribution in [0.5, 0.6) is 0 Å². The van der Waals surface area contributed by atoms with Crippen molar-refractivity contribution < 1.29 is 0 Å². The molecule has 84 valence electrons. The van der Waals surface area contributed by atoms with Crippen molar-refractivity contribution >= 4 is 11.8 Å². The van der Waals surface area contributed by atoms with Crippen LogP contribution >= 0.6 is 11.8 Å². The van der Waals surface area contributed by atoms with Gasteiger partial charge in [0.1, 0.15) is 5.03 Å². The highest BCUT2D eigenvalue weighted by Gasteiger charge is 2.24. The summed E-state index contributed by atoms with van der Waals surface area (Å²) in [5.74, 6) is 0.899. The number of nitriles is 1. The van der Waals surface area contributed by atoms with Gasteiger partial charge in [-0.2, -0.15) is 5.26 Å². The first-order chi connectivity index (χ1) is 7.88. The summed E-state index contributed by atoms with van der Waals surface area (Å²) in [7, 11) is 0. The second-order valence-electron chi connectivity index (χ2n) is 3.80. The highest BCUT2D eigenvalue weighted by Crippen LogP contribution is 2.21.